The minimum Gasteiger partial charge on any atom is -0.381 e. The largest absolute Gasteiger partial charge is 0.381 e. The van der Waals surface area contributed by atoms with E-state index in [0.717, 1.165) is 38.0 Å². The molecule has 5 nitrogen and oxygen atoms in total. The Morgan fingerprint density at radius 3 is 2.12 bits per heavy atom. The van der Waals surface area contributed by atoms with E-state index in [9.17, 15) is 8.42 Å². The molecule has 34 heavy (non-hydrogen) atoms. The van der Waals surface area contributed by atoms with E-state index < -0.39 is 10.0 Å². The van der Waals surface area contributed by atoms with Crippen molar-refractivity contribution >= 4 is 10.0 Å². The second-order valence-electron chi connectivity index (χ2n) is 12.9. The summed E-state index contributed by atoms with van der Waals surface area (Å²) >= 11 is 0. The maximum atomic E-state index is 14.4. The molecule has 2 saturated heterocycles. The highest BCUT2D eigenvalue weighted by atomic mass is 32.2. The summed E-state index contributed by atoms with van der Waals surface area (Å²) in [7, 11) is -1.35. The number of nitrogens with two attached hydrogens (primary N) is 1. The summed E-state index contributed by atoms with van der Waals surface area (Å²) in [5.74, 6) is 2.49. The molecule has 7 unspecified atom stereocenters. The van der Waals surface area contributed by atoms with Gasteiger partial charge in [0.05, 0.1) is 23.4 Å². The van der Waals surface area contributed by atoms with E-state index in [1.54, 1.807) is 0 Å². The normalized spacial score (nSPS) is 46.4. The number of sulfonamides is 1. The van der Waals surface area contributed by atoms with Crippen molar-refractivity contribution in [3.8, 4) is 0 Å². The molecule has 194 valence electrons. The minimum absolute atomic E-state index is 0.105. The van der Waals surface area contributed by atoms with E-state index in [0.29, 0.717) is 48.0 Å². The Morgan fingerprint density at radius 1 is 0.735 bits per heavy atom. The van der Waals surface area contributed by atoms with Crippen LogP contribution in [0.15, 0.2) is 0 Å². The number of quaternary nitrogens is 1. The van der Waals surface area contributed by atoms with Gasteiger partial charge in [0.25, 0.3) is 0 Å². The molecule has 0 bridgehead atoms. The van der Waals surface area contributed by atoms with Crippen LogP contribution in [0.1, 0.15) is 109 Å². The van der Waals surface area contributed by atoms with Crippen molar-refractivity contribution in [2.45, 2.75) is 145 Å². The Balaban J connectivity index is 1.37. The fourth-order valence-corrected chi connectivity index (χ4v) is 12.4. The van der Waals surface area contributed by atoms with Gasteiger partial charge in [0, 0.05) is 36.9 Å². The molecule has 4 aliphatic carbocycles. The lowest BCUT2D eigenvalue weighted by Gasteiger charge is -2.50. The number of hydrogen-bond acceptors (Lipinski definition) is 3. The smallest absolute Gasteiger partial charge is 0.217 e. The first-order chi connectivity index (χ1) is 16.6. The Hall–Kier alpha value is -0.170. The van der Waals surface area contributed by atoms with Crippen molar-refractivity contribution in [3.05, 3.63) is 0 Å². The Kier molecular flexibility index (Phi) is 7.07. The quantitative estimate of drug-likeness (QED) is 0.638. The van der Waals surface area contributed by atoms with Gasteiger partial charge in [-0.2, -0.15) is 4.31 Å². The van der Waals surface area contributed by atoms with Gasteiger partial charge >= 0.3 is 0 Å². The Labute approximate surface area is 208 Å². The summed E-state index contributed by atoms with van der Waals surface area (Å²) in [5.41, 5.74) is 0. The monoisotopic (exact) mass is 493 g/mol. The molecule has 0 spiro atoms. The van der Waals surface area contributed by atoms with Crippen LogP contribution < -0.4 is 5.32 Å². The number of hydrogen-bond donors (Lipinski definition) is 1. The molecule has 2 heterocycles. The van der Waals surface area contributed by atoms with Gasteiger partial charge in [-0.3, -0.25) is 0 Å². The van der Waals surface area contributed by atoms with Crippen molar-refractivity contribution in [3.63, 3.8) is 0 Å². The number of methoxy groups -OCH3 is 1. The molecule has 6 heteroatoms. The van der Waals surface area contributed by atoms with Gasteiger partial charge in [0.15, 0.2) is 0 Å². The van der Waals surface area contributed by atoms with Crippen LogP contribution in [0.3, 0.4) is 0 Å². The summed E-state index contributed by atoms with van der Waals surface area (Å²) in [5, 5.41) is 2.72. The zero-order valence-electron chi connectivity index (χ0n) is 21.5. The van der Waals surface area contributed by atoms with Gasteiger partial charge in [0.2, 0.25) is 10.0 Å². The molecular weight excluding hydrogens is 444 g/mol. The molecule has 7 atom stereocenters. The van der Waals surface area contributed by atoms with Crippen LogP contribution >= 0.6 is 0 Å². The zero-order valence-corrected chi connectivity index (χ0v) is 22.3. The fourth-order valence-electron chi connectivity index (χ4n) is 9.88. The van der Waals surface area contributed by atoms with Gasteiger partial charge < -0.3 is 10.1 Å². The van der Waals surface area contributed by atoms with E-state index >= 15 is 0 Å². The number of piperidine rings is 1. The van der Waals surface area contributed by atoms with E-state index in [2.05, 4.69) is 9.62 Å². The SMILES string of the molecule is COC1CCC(C2[NH2+]C3CCCCC3C3C2C2CCCCC2N3S(=O)(=O)C2CCCCC2)CC1. The summed E-state index contributed by atoms with van der Waals surface area (Å²) in [4.78, 5) is 0. The van der Waals surface area contributed by atoms with Crippen LogP contribution in [-0.2, 0) is 14.8 Å². The first-order valence-electron chi connectivity index (χ1n) is 15.0. The van der Waals surface area contributed by atoms with E-state index in [4.69, 9.17) is 4.74 Å². The summed E-state index contributed by atoms with van der Waals surface area (Å²) in [6.07, 6.45) is 20.7. The highest BCUT2D eigenvalue weighted by Crippen LogP contribution is 2.54. The van der Waals surface area contributed by atoms with Crippen molar-refractivity contribution in [2.24, 2.45) is 23.7 Å². The van der Waals surface area contributed by atoms with E-state index in [1.807, 2.05) is 7.11 Å². The number of nitrogens with zero attached hydrogens (tertiary/aromatic N) is 1. The predicted octanol–water partition coefficient (Wildman–Crippen LogP) is 4.22. The van der Waals surface area contributed by atoms with Crippen molar-refractivity contribution in [1.82, 2.24) is 4.31 Å². The summed E-state index contributed by atoms with van der Waals surface area (Å²) < 4.78 is 36.9. The lowest BCUT2D eigenvalue weighted by molar-refractivity contribution is -0.754. The molecule has 2 aliphatic heterocycles. The van der Waals surface area contributed by atoms with Crippen LogP contribution in [0.5, 0.6) is 0 Å². The lowest BCUT2D eigenvalue weighted by Crippen LogP contribution is -3.02. The molecule has 6 rings (SSSR count). The Bertz CT molecular complexity index is 804. The number of ether oxygens (including phenoxy) is 1. The van der Waals surface area contributed by atoms with Gasteiger partial charge in [-0.1, -0.05) is 38.5 Å². The molecule has 6 aliphatic rings. The second kappa shape index (κ2) is 9.95. The van der Waals surface area contributed by atoms with E-state index in [-0.39, 0.29) is 5.25 Å². The third kappa shape index (κ3) is 4.11. The molecule has 6 fully saturated rings. The predicted molar refractivity (Wildman–Crippen MR) is 135 cm³/mol. The fraction of sp³-hybridized carbons (Fsp3) is 1.00. The molecule has 0 aromatic heterocycles. The zero-order chi connectivity index (χ0) is 23.3. The number of rotatable bonds is 4. The maximum Gasteiger partial charge on any atom is 0.217 e. The molecule has 2 N–H and O–H groups in total. The molecule has 0 radical (unpaired) electrons. The van der Waals surface area contributed by atoms with Gasteiger partial charge in [0.1, 0.15) is 0 Å². The third-order valence-corrected chi connectivity index (χ3v) is 13.8. The summed E-state index contributed by atoms with van der Waals surface area (Å²) in [6.45, 7) is 0. The molecule has 0 aromatic rings. The van der Waals surface area contributed by atoms with Crippen molar-refractivity contribution < 1.29 is 18.5 Å². The van der Waals surface area contributed by atoms with Crippen LogP contribution in [0.4, 0.5) is 0 Å². The first kappa shape index (κ1) is 24.2. The van der Waals surface area contributed by atoms with Crippen LogP contribution in [0, 0.1) is 23.7 Å². The second-order valence-corrected chi connectivity index (χ2v) is 15.0. The molecule has 4 saturated carbocycles. The van der Waals surface area contributed by atoms with Gasteiger partial charge in [-0.25, -0.2) is 8.42 Å². The van der Waals surface area contributed by atoms with Crippen molar-refractivity contribution in [2.75, 3.05) is 7.11 Å². The molecule has 0 amide bonds. The maximum absolute atomic E-state index is 14.4. The lowest BCUT2D eigenvalue weighted by atomic mass is 9.62. The highest BCUT2D eigenvalue weighted by Gasteiger charge is 2.64. The van der Waals surface area contributed by atoms with E-state index in [1.165, 1.54) is 77.0 Å². The van der Waals surface area contributed by atoms with Crippen molar-refractivity contribution in [1.29, 1.82) is 0 Å². The van der Waals surface area contributed by atoms with Crippen LogP contribution in [-0.4, -0.2) is 55.4 Å². The average molecular weight is 494 g/mol. The van der Waals surface area contributed by atoms with Crippen LogP contribution in [0.25, 0.3) is 0 Å². The first-order valence-corrected chi connectivity index (χ1v) is 16.5. The average Bonchev–Trinajstić information content (AvgIpc) is 3.25. The van der Waals surface area contributed by atoms with Gasteiger partial charge in [-0.15, -0.1) is 0 Å². The molecule has 0 aromatic carbocycles. The number of fused-ring (bicyclic) bond motifs is 5. The topological polar surface area (TPSA) is 63.2 Å². The van der Waals surface area contributed by atoms with Gasteiger partial charge in [-0.05, 0) is 76.5 Å². The van der Waals surface area contributed by atoms with Crippen LogP contribution in [0.2, 0.25) is 0 Å². The highest BCUT2D eigenvalue weighted by molar-refractivity contribution is 7.89. The summed E-state index contributed by atoms with van der Waals surface area (Å²) in [6, 6.07) is 1.85. The third-order valence-electron chi connectivity index (χ3n) is 11.4. The molecular formula is C28H49N2O3S+. The standard InChI is InChI=1S/C28H48N2O3S/c1-33-20-17-15-19(16-18-20)27-26-23-12-6-8-14-25(23)30(34(31,32)21-9-3-2-4-10-21)28(26)22-11-5-7-13-24(22)29-27/h19-29H,2-18H2,1H3/p+1. The minimum atomic E-state index is -3.22. The Morgan fingerprint density at radius 2 is 1.38 bits per heavy atom.